The van der Waals surface area contributed by atoms with Crippen molar-refractivity contribution in [2.75, 3.05) is 13.7 Å². The first-order chi connectivity index (χ1) is 5.57. The first-order valence-electron chi connectivity index (χ1n) is 4.52. The average molecular weight is 175 g/mol. The standard InChI is InChI=1S/C9H21NO2/c1-7(11)5-6-10-8(2)9(3)12-4/h7-11H,5-6H2,1-4H3. The van der Waals surface area contributed by atoms with E-state index in [2.05, 4.69) is 12.2 Å². The van der Waals surface area contributed by atoms with Crippen LogP contribution in [0.1, 0.15) is 27.2 Å². The van der Waals surface area contributed by atoms with E-state index in [0.29, 0.717) is 6.04 Å². The van der Waals surface area contributed by atoms with Crippen molar-refractivity contribution in [3.8, 4) is 0 Å². The van der Waals surface area contributed by atoms with Gasteiger partial charge in [-0.3, -0.25) is 0 Å². The third-order valence-corrected chi connectivity index (χ3v) is 2.10. The summed E-state index contributed by atoms with van der Waals surface area (Å²) in [6.45, 7) is 6.74. The number of hydrogen-bond acceptors (Lipinski definition) is 3. The Morgan fingerprint density at radius 2 is 1.92 bits per heavy atom. The quantitative estimate of drug-likeness (QED) is 0.626. The van der Waals surface area contributed by atoms with Gasteiger partial charge in [0.2, 0.25) is 0 Å². The van der Waals surface area contributed by atoms with Crippen molar-refractivity contribution in [3.63, 3.8) is 0 Å². The maximum atomic E-state index is 8.99. The molecule has 0 aliphatic rings. The molecule has 3 unspecified atom stereocenters. The van der Waals surface area contributed by atoms with Crippen molar-refractivity contribution in [2.24, 2.45) is 0 Å². The molecule has 2 N–H and O–H groups in total. The summed E-state index contributed by atoms with van der Waals surface area (Å²) in [4.78, 5) is 0. The van der Waals surface area contributed by atoms with E-state index >= 15 is 0 Å². The van der Waals surface area contributed by atoms with E-state index in [9.17, 15) is 0 Å². The molecule has 0 rings (SSSR count). The van der Waals surface area contributed by atoms with Crippen LogP contribution in [0.3, 0.4) is 0 Å². The fourth-order valence-electron chi connectivity index (χ4n) is 0.890. The Balaban J connectivity index is 3.37. The molecule has 0 spiro atoms. The summed E-state index contributed by atoms with van der Waals surface area (Å²) in [6, 6.07) is 0.341. The number of aliphatic hydroxyl groups excluding tert-OH is 1. The van der Waals surface area contributed by atoms with E-state index in [0.717, 1.165) is 13.0 Å². The lowest BCUT2D eigenvalue weighted by Gasteiger charge is -2.20. The van der Waals surface area contributed by atoms with Gasteiger partial charge in [0.05, 0.1) is 12.2 Å². The molecule has 12 heavy (non-hydrogen) atoms. The fourth-order valence-corrected chi connectivity index (χ4v) is 0.890. The Kier molecular flexibility index (Phi) is 6.34. The molecule has 3 heteroatoms. The third-order valence-electron chi connectivity index (χ3n) is 2.10. The van der Waals surface area contributed by atoms with Gasteiger partial charge in [-0.2, -0.15) is 0 Å². The second-order valence-electron chi connectivity index (χ2n) is 3.32. The zero-order valence-electron chi connectivity index (χ0n) is 8.50. The van der Waals surface area contributed by atoms with Gasteiger partial charge in [0.1, 0.15) is 0 Å². The Morgan fingerprint density at radius 3 is 2.33 bits per heavy atom. The molecule has 0 amide bonds. The molecular weight excluding hydrogens is 154 g/mol. The van der Waals surface area contributed by atoms with Crippen LogP contribution in [-0.4, -0.2) is 37.0 Å². The average Bonchev–Trinajstić information content (AvgIpc) is 2.02. The first kappa shape index (κ1) is 11.9. The summed E-state index contributed by atoms with van der Waals surface area (Å²) in [5, 5.41) is 12.3. The zero-order valence-corrected chi connectivity index (χ0v) is 8.50. The van der Waals surface area contributed by atoms with E-state index in [-0.39, 0.29) is 12.2 Å². The summed E-state index contributed by atoms with van der Waals surface area (Å²) in [6.07, 6.45) is 0.794. The molecule has 0 aliphatic carbocycles. The lowest BCUT2D eigenvalue weighted by molar-refractivity contribution is 0.0866. The predicted octanol–water partition coefficient (Wildman–Crippen LogP) is 0.770. The van der Waals surface area contributed by atoms with Gasteiger partial charge in [0, 0.05) is 13.2 Å². The van der Waals surface area contributed by atoms with Crippen LogP contribution < -0.4 is 5.32 Å². The zero-order chi connectivity index (χ0) is 9.56. The van der Waals surface area contributed by atoms with Crippen LogP contribution in [0.15, 0.2) is 0 Å². The maximum Gasteiger partial charge on any atom is 0.0693 e. The molecule has 0 saturated carbocycles. The minimum Gasteiger partial charge on any atom is -0.393 e. The van der Waals surface area contributed by atoms with Gasteiger partial charge in [0.25, 0.3) is 0 Å². The van der Waals surface area contributed by atoms with Gasteiger partial charge < -0.3 is 15.2 Å². The Bertz CT molecular complexity index is 107. The molecule has 0 heterocycles. The molecule has 0 fully saturated rings. The van der Waals surface area contributed by atoms with Crippen LogP contribution in [0.2, 0.25) is 0 Å². The third kappa shape index (κ3) is 5.52. The lowest BCUT2D eigenvalue weighted by Crippen LogP contribution is -2.37. The fraction of sp³-hybridized carbons (Fsp3) is 1.00. The Labute approximate surface area is 75.1 Å². The summed E-state index contributed by atoms with van der Waals surface area (Å²) >= 11 is 0. The number of methoxy groups -OCH3 is 1. The molecule has 74 valence electrons. The highest BCUT2D eigenvalue weighted by Gasteiger charge is 2.09. The highest BCUT2D eigenvalue weighted by atomic mass is 16.5. The van der Waals surface area contributed by atoms with E-state index in [4.69, 9.17) is 9.84 Å². The largest absolute Gasteiger partial charge is 0.393 e. The van der Waals surface area contributed by atoms with Crippen LogP contribution in [0, 0.1) is 0 Å². The van der Waals surface area contributed by atoms with Crippen LogP contribution in [0.4, 0.5) is 0 Å². The van der Waals surface area contributed by atoms with Crippen LogP contribution in [-0.2, 0) is 4.74 Å². The second-order valence-corrected chi connectivity index (χ2v) is 3.32. The maximum absolute atomic E-state index is 8.99. The minimum absolute atomic E-state index is 0.220. The van der Waals surface area contributed by atoms with E-state index in [1.807, 2.05) is 6.92 Å². The molecule has 0 aliphatic heterocycles. The van der Waals surface area contributed by atoms with Gasteiger partial charge in [-0.25, -0.2) is 0 Å². The predicted molar refractivity (Wildman–Crippen MR) is 50.2 cm³/mol. The van der Waals surface area contributed by atoms with E-state index in [1.54, 1.807) is 14.0 Å². The minimum atomic E-state index is -0.220. The summed E-state index contributed by atoms with van der Waals surface area (Å²) in [5.74, 6) is 0. The van der Waals surface area contributed by atoms with Crippen molar-refractivity contribution in [3.05, 3.63) is 0 Å². The number of aliphatic hydroxyl groups is 1. The van der Waals surface area contributed by atoms with E-state index < -0.39 is 0 Å². The monoisotopic (exact) mass is 175 g/mol. The summed E-state index contributed by atoms with van der Waals surface area (Å²) in [7, 11) is 1.71. The SMILES string of the molecule is COC(C)C(C)NCCC(C)O. The van der Waals surface area contributed by atoms with Gasteiger partial charge in [-0.1, -0.05) is 0 Å². The van der Waals surface area contributed by atoms with Crippen molar-refractivity contribution in [2.45, 2.75) is 45.4 Å². The number of rotatable bonds is 6. The smallest absolute Gasteiger partial charge is 0.0693 e. The Morgan fingerprint density at radius 1 is 1.33 bits per heavy atom. The number of ether oxygens (including phenoxy) is 1. The molecule has 3 atom stereocenters. The topological polar surface area (TPSA) is 41.5 Å². The highest BCUT2D eigenvalue weighted by Crippen LogP contribution is 1.96. The van der Waals surface area contributed by atoms with Gasteiger partial charge in [0.15, 0.2) is 0 Å². The van der Waals surface area contributed by atoms with Crippen LogP contribution >= 0.6 is 0 Å². The van der Waals surface area contributed by atoms with E-state index in [1.165, 1.54) is 0 Å². The van der Waals surface area contributed by atoms with Crippen LogP contribution in [0.5, 0.6) is 0 Å². The molecule has 0 saturated heterocycles. The summed E-state index contributed by atoms with van der Waals surface area (Å²) in [5.41, 5.74) is 0. The van der Waals surface area contributed by atoms with Crippen LogP contribution in [0.25, 0.3) is 0 Å². The molecule has 3 nitrogen and oxygen atoms in total. The van der Waals surface area contributed by atoms with Crippen molar-refractivity contribution in [1.29, 1.82) is 0 Å². The molecule has 0 aromatic heterocycles. The van der Waals surface area contributed by atoms with Gasteiger partial charge >= 0.3 is 0 Å². The summed E-state index contributed by atoms with van der Waals surface area (Å²) < 4.78 is 5.14. The molecule has 0 bridgehead atoms. The molecular formula is C9H21NO2. The van der Waals surface area contributed by atoms with Crippen molar-refractivity contribution in [1.82, 2.24) is 5.32 Å². The molecule has 0 radical (unpaired) electrons. The lowest BCUT2D eigenvalue weighted by atomic mass is 10.2. The molecule has 0 aromatic carbocycles. The number of nitrogens with one attached hydrogen (secondary N) is 1. The first-order valence-corrected chi connectivity index (χ1v) is 4.52. The van der Waals surface area contributed by atoms with Crippen molar-refractivity contribution >= 4 is 0 Å². The highest BCUT2D eigenvalue weighted by molar-refractivity contribution is 4.68. The Hall–Kier alpha value is -0.120. The number of hydrogen-bond donors (Lipinski definition) is 2. The van der Waals surface area contributed by atoms with Gasteiger partial charge in [-0.05, 0) is 33.7 Å². The van der Waals surface area contributed by atoms with Gasteiger partial charge in [-0.15, -0.1) is 0 Å². The second kappa shape index (κ2) is 6.40. The van der Waals surface area contributed by atoms with Crippen molar-refractivity contribution < 1.29 is 9.84 Å². The normalized spacial score (nSPS) is 18.8. The molecule has 0 aromatic rings.